The van der Waals surface area contributed by atoms with E-state index in [4.69, 9.17) is 4.74 Å². The Balaban J connectivity index is 2.31. The summed E-state index contributed by atoms with van der Waals surface area (Å²) >= 11 is 0. The van der Waals surface area contributed by atoms with Gasteiger partial charge in [0.05, 0.1) is 0 Å². The van der Waals surface area contributed by atoms with Gasteiger partial charge in [-0.15, -0.1) is 6.58 Å². The Morgan fingerprint density at radius 1 is 1.17 bits per heavy atom. The lowest BCUT2D eigenvalue weighted by Crippen LogP contribution is -2.31. The number of rotatable bonds is 8. The maximum absolute atomic E-state index is 12.3. The Morgan fingerprint density at radius 3 is 2.25 bits per heavy atom. The summed E-state index contributed by atoms with van der Waals surface area (Å²) in [5, 5.41) is 0. The van der Waals surface area contributed by atoms with Crippen molar-refractivity contribution in [2.24, 2.45) is 23.2 Å². The molecule has 0 saturated heterocycles. The molecule has 0 bridgehead atoms. The van der Waals surface area contributed by atoms with Gasteiger partial charge in [0.2, 0.25) is 0 Å². The van der Waals surface area contributed by atoms with Gasteiger partial charge in [-0.1, -0.05) is 33.8 Å². The molecule has 140 valence electrons. The molecule has 1 aliphatic carbocycles. The van der Waals surface area contributed by atoms with E-state index in [1.165, 1.54) is 25.7 Å². The highest BCUT2D eigenvalue weighted by atomic mass is 16.6. The summed E-state index contributed by atoms with van der Waals surface area (Å²) in [4.78, 5) is 12.3. The largest absolute Gasteiger partial charge is 0.460 e. The molecular formula is C22H40O2. The zero-order valence-electron chi connectivity index (χ0n) is 17.0. The molecule has 1 aliphatic rings. The van der Waals surface area contributed by atoms with Gasteiger partial charge < -0.3 is 4.74 Å². The lowest BCUT2D eigenvalue weighted by Gasteiger charge is -2.37. The zero-order chi connectivity index (χ0) is 18.4. The molecule has 0 N–H and O–H groups in total. The molecule has 0 amide bonds. The van der Waals surface area contributed by atoms with Crippen LogP contribution in [0.3, 0.4) is 0 Å². The minimum atomic E-state index is -0.347. The van der Waals surface area contributed by atoms with Crippen LogP contribution < -0.4 is 0 Å². The quantitative estimate of drug-likeness (QED) is 0.371. The van der Waals surface area contributed by atoms with Crippen molar-refractivity contribution in [3.05, 3.63) is 12.7 Å². The van der Waals surface area contributed by atoms with Gasteiger partial charge >= 0.3 is 5.97 Å². The van der Waals surface area contributed by atoms with Crippen molar-refractivity contribution < 1.29 is 9.53 Å². The van der Waals surface area contributed by atoms with Gasteiger partial charge in [0.15, 0.2) is 0 Å². The van der Waals surface area contributed by atoms with Crippen LogP contribution in [0.1, 0.15) is 92.9 Å². The van der Waals surface area contributed by atoms with Gasteiger partial charge in [0.25, 0.3) is 0 Å². The molecule has 0 aliphatic heterocycles. The van der Waals surface area contributed by atoms with Crippen LogP contribution in [0, 0.1) is 23.2 Å². The predicted molar refractivity (Wildman–Crippen MR) is 103 cm³/mol. The van der Waals surface area contributed by atoms with Gasteiger partial charge in [0, 0.05) is 6.42 Å². The third-order valence-electron chi connectivity index (χ3n) is 5.76. The molecular weight excluding hydrogens is 296 g/mol. The molecule has 24 heavy (non-hydrogen) atoms. The zero-order valence-corrected chi connectivity index (χ0v) is 17.0. The molecule has 1 unspecified atom stereocenters. The molecule has 0 aromatic carbocycles. The Bertz CT molecular complexity index is 395. The first-order valence-electron chi connectivity index (χ1n) is 9.88. The Morgan fingerprint density at radius 2 is 1.75 bits per heavy atom. The van der Waals surface area contributed by atoms with E-state index < -0.39 is 0 Å². The molecule has 0 spiro atoms. The van der Waals surface area contributed by atoms with E-state index in [1.54, 1.807) is 0 Å². The van der Waals surface area contributed by atoms with Gasteiger partial charge in [-0.05, 0) is 82.0 Å². The fourth-order valence-corrected chi connectivity index (χ4v) is 3.84. The highest BCUT2D eigenvalue weighted by molar-refractivity contribution is 5.70. The molecule has 0 aromatic rings. The first-order chi connectivity index (χ1) is 11.0. The van der Waals surface area contributed by atoms with Crippen molar-refractivity contribution in [3.63, 3.8) is 0 Å². The maximum atomic E-state index is 12.3. The SMILES string of the molecule is C=CC(C)CCCC(C)(C)OC(=O)CC1CCC(C(C)(C)C)CC1. The average Bonchev–Trinajstić information content (AvgIpc) is 2.45. The minimum absolute atomic E-state index is 0.00372. The van der Waals surface area contributed by atoms with Crippen LogP contribution in [-0.2, 0) is 9.53 Å². The van der Waals surface area contributed by atoms with Crippen molar-refractivity contribution in [2.75, 3.05) is 0 Å². The summed E-state index contributed by atoms with van der Waals surface area (Å²) in [6.07, 6.45) is 10.6. The Labute approximate surface area is 150 Å². The number of carbonyl (C=O) groups is 1. The van der Waals surface area contributed by atoms with Crippen LogP contribution in [0.15, 0.2) is 12.7 Å². The van der Waals surface area contributed by atoms with E-state index in [0.717, 1.165) is 25.2 Å². The second-order valence-electron chi connectivity index (χ2n) is 9.63. The standard InChI is InChI=1S/C22H40O2/c1-8-17(2)10-9-15-22(6,7)24-20(23)16-18-11-13-19(14-12-18)21(3,4)5/h8,17-19H,1,9-16H2,2-7H3. The van der Waals surface area contributed by atoms with Gasteiger partial charge in [0.1, 0.15) is 5.60 Å². The van der Waals surface area contributed by atoms with Crippen LogP contribution in [0.2, 0.25) is 0 Å². The summed E-state index contributed by atoms with van der Waals surface area (Å²) in [5.74, 6) is 1.85. The van der Waals surface area contributed by atoms with Crippen LogP contribution >= 0.6 is 0 Å². The molecule has 2 heteroatoms. The monoisotopic (exact) mass is 336 g/mol. The van der Waals surface area contributed by atoms with E-state index in [2.05, 4.69) is 34.3 Å². The number of allylic oxidation sites excluding steroid dienone is 1. The number of hydrogen-bond acceptors (Lipinski definition) is 2. The third-order valence-corrected chi connectivity index (χ3v) is 5.76. The highest BCUT2D eigenvalue weighted by Crippen LogP contribution is 2.40. The fourth-order valence-electron chi connectivity index (χ4n) is 3.84. The van der Waals surface area contributed by atoms with Crippen LogP contribution in [0.25, 0.3) is 0 Å². The molecule has 1 fully saturated rings. The fraction of sp³-hybridized carbons (Fsp3) is 0.864. The van der Waals surface area contributed by atoms with Crippen molar-refractivity contribution in [2.45, 2.75) is 98.5 Å². The normalized spacial score (nSPS) is 23.6. The summed E-state index contributed by atoms with van der Waals surface area (Å²) in [6.45, 7) is 17.1. The lowest BCUT2D eigenvalue weighted by molar-refractivity contribution is -0.158. The Kier molecular flexibility index (Phi) is 8.02. The van der Waals surface area contributed by atoms with E-state index in [1.807, 2.05) is 19.9 Å². The van der Waals surface area contributed by atoms with Crippen molar-refractivity contribution in [3.8, 4) is 0 Å². The third kappa shape index (κ3) is 7.85. The lowest BCUT2D eigenvalue weighted by atomic mass is 9.69. The van der Waals surface area contributed by atoms with E-state index in [0.29, 0.717) is 23.7 Å². The van der Waals surface area contributed by atoms with E-state index >= 15 is 0 Å². The van der Waals surface area contributed by atoms with E-state index in [9.17, 15) is 4.79 Å². The number of hydrogen-bond donors (Lipinski definition) is 0. The second-order valence-corrected chi connectivity index (χ2v) is 9.63. The van der Waals surface area contributed by atoms with Crippen LogP contribution in [0.4, 0.5) is 0 Å². The summed E-state index contributed by atoms with van der Waals surface area (Å²) in [6, 6.07) is 0. The van der Waals surface area contributed by atoms with Gasteiger partial charge in [-0.25, -0.2) is 0 Å². The molecule has 0 heterocycles. The van der Waals surface area contributed by atoms with Crippen molar-refractivity contribution in [1.82, 2.24) is 0 Å². The average molecular weight is 337 g/mol. The number of ether oxygens (including phenoxy) is 1. The smallest absolute Gasteiger partial charge is 0.306 e. The first kappa shape index (κ1) is 21.3. The van der Waals surface area contributed by atoms with Gasteiger partial charge in [-0.2, -0.15) is 0 Å². The molecule has 2 nitrogen and oxygen atoms in total. The van der Waals surface area contributed by atoms with E-state index in [-0.39, 0.29) is 11.6 Å². The van der Waals surface area contributed by atoms with Crippen LogP contribution in [0.5, 0.6) is 0 Å². The summed E-state index contributed by atoms with van der Waals surface area (Å²) < 4.78 is 5.79. The molecule has 1 rings (SSSR count). The molecule has 0 aromatic heterocycles. The van der Waals surface area contributed by atoms with Crippen molar-refractivity contribution in [1.29, 1.82) is 0 Å². The first-order valence-corrected chi connectivity index (χ1v) is 9.88. The van der Waals surface area contributed by atoms with Crippen LogP contribution in [-0.4, -0.2) is 11.6 Å². The Hall–Kier alpha value is -0.790. The highest BCUT2D eigenvalue weighted by Gasteiger charge is 2.31. The van der Waals surface area contributed by atoms with Gasteiger partial charge in [-0.3, -0.25) is 4.79 Å². The molecule has 1 atom stereocenters. The number of esters is 1. The second kappa shape index (κ2) is 9.06. The maximum Gasteiger partial charge on any atom is 0.306 e. The predicted octanol–water partition coefficient (Wildman–Crippen LogP) is 6.54. The number of carbonyl (C=O) groups excluding carboxylic acids is 1. The summed E-state index contributed by atoms with van der Waals surface area (Å²) in [7, 11) is 0. The topological polar surface area (TPSA) is 26.3 Å². The molecule has 0 radical (unpaired) electrons. The minimum Gasteiger partial charge on any atom is -0.460 e. The molecule has 1 saturated carbocycles. The summed E-state index contributed by atoms with van der Waals surface area (Å²) in [5.41, 5.74) is 0.0522. The van der Waals surface area contributed by atoms with Crippen molar-refractivity contribution >= 4 is 5.97 Å².